The molecule has 3 aromatic carbocycles. The van der Waals surface area contributed by atoms with Gasteiger partial charge >= 0.3 is 6.18 Å². The van der Waals surface area contributed by atoms with Gasteiger partial charge in [-0.05, 0) is 104 Å². The molecule has 1 unspecified atom stereocenters. The van der Waals surface area contributed by atoms with Crippen LogP contribution in [0.2, 0.25) is 0 Å². The average Bonchev–Trinajstić information content (AvgIpc) is 3.29. The molecule has 2 N–H and O–H groups in total. The van der Waals surface area contributed by atoms with Crippen LogP contribution in [0.5, 0.6) is 0 Å². The van der Waals surface area contributed by atoms with Crippen LogP contribution in [0.1, 0.15) is 55.9 Å². The normalized spacial score (nSPS) is 15.0. The summed E-state index contributed by atoms with van der Waals surface area (Å²) in [6, 6.07) is 20.8. The van der Waals surface area contributed by atoms with E-state index in [2.05, 4.69) is 50.4 Å². The van der Waals surface area contributed by atoms with Crippen molar-refractivity contribution in [2.45, 2.75) is 75.6 Å². The molecular weight excluding hydrogens is 529 g/mol. The zero-order valence-corrected chi connectivity index (χ0v) is 24.7. The second-order valence-electron chi connectivity index (χ2n) is 11.7. The Balaban J connectivity index is 1.32. The van der Waals surface area contributed by atoms with Crippen molar-refractivity contribution in [3.05, 3.63) is 89.0 Å². The maximum absolute atomic E-state index is 14.0. The highest BCUT2D eigenvalue weighted by Gasteiger charge is 2.34. The van der Waals surface area contributed by atoms with Gasteiger partial charge < -0.3 is 10.4 Å². The van der Waals surface area contributed by atoms with Crippen LogP contribution in [0, 0.1) is 5.92 Å². The van der Waals surface area contributed by atoms with Crippen molar-refractivity contribution < 1.29 is 18.3 Å². The smallest absolute Gasteiger partial charge is 0.390 e. The molecule has 1 atom stereocenters. The standard InChI is InChI=1S/C33H41F3N2OS/c1-5-8-23-11-13-25(14-12-23)28-15-16-31(30(19-28)33(34,35)36)40-38(4)22-29(39)21-37-32(2,3)20-24-17-26-9-6-7-10-27(26)18-24/h6-7,9-16,19,24,29,37,39H,5,8,17-18,20-22H2,1-4H3. The molecule has 0 aliphatic heterocycles. The summed E-state index contributed by atoms with van der Waals surface area (Å²) >= 11 is 1.02. The van der Waals surface area contributed by atoms with Gasteiger partial charge in [-0.25, -0.2) is 4.31 Å². The number of rotatable bonds is 12. The van der Waals surface area contributed by atoms with E-state index >= 15 is 0 Å². The number of nitrogens with zero attached hydrogens (tertiary/aromatic N) is 1. The molecule has 0 saturated carbocycles. The summed E-state index contributed by atoms with van der Waals surface area (Å²) in [5.41, 5.74) is 4.52. The Morgan fingerprint density at radius 2 is 1.60 bits per heavy atom. The van der Waals surface area contributed by atoms with Crippen LogP contribution in [0.15, 0.2) is 71.6 Å². The van der Waals surface area contributed by atoms with Crippen LogP contribution in [-0.4, -0.2) is 41.2 Å². The molecule has 3 aromatic rings. The van der Waals surface area contributed by atoms with Crippen LogP contribution in [0.3, 0.4) is 0 Å². The van der Waals surface area contributed by atoms with E-state index < -0.39 is 17.8 Å². The molecule has 3 nitrogen and oxygen atoms in total. The number of β-amino-alcohol motifs (C(OH)–C–C–N with tert-alkyl or cyclic N) is 1. The van der Waals surface area contributed by atoms with Gasteiger partial charge in [0.2, 0.25) is 0 Å². The summed E-state index contributed by atoms with van der Waals surface area (Å²) < 4.78 is 43.8. The molecule has 0 aromatic heterocycles. The summed E-state index contributed by atoms with van der Waals surface area (Å²) in [6.07, 6.45) is -0.0822. The van der Waals surface area contributed by atoms with E-state index in [1.54, 1.807) is 17.4 Å². The third-order valence-electron chi connectivity index (χ3n) is 7.58. The second-order valence-corrected chi connectivity index (χ2v) is 13.0. The Kier molecular flexibility index (Phi) is 10.0. The molecular formula is C33H41F3N2OS. The lowest BCUT2D eigenvalue weighted by Gasteiger charge is -2.31. The van der Waals surface area contributed by atoms with E-state index in [1.807, 2.05) is 24.3 Å². The maximum atomic E-state index is 14.0. The highest BCUT2D eigenvalue weighted by atomic mass is 32.2. The largest absolute Gasteiger partial charge is 0.417 e. The summed E-state index contributed by atoms with van der Waals surface area (Å²) in [5, 5.41) is 14.2. The number of aliphatic hydroxyl groups excluding tert-OH is 1. The molecule has 7 heteroatoms. The molecule has 0 amide bonds. The summed E-state index contributed by atoms with van der Waals surface area (Å²) in [4.78, 5) is 0.127. The van der Waals surface area contributed by atoms with E-state index in [-0.39, 0.29) is 17.0 Å². The first-order chi connectivity index (χ1) is 18.9. The van der Waals surface area contributed by atoms with Crippen LogP contribution in [0.25, 0.3) is 11.1 Å². The maximum Gasteiger partial charge on any atom is 0.417 e. The Hall–Kier alpha value is -2.32. The quantitative estimate of drug-likeness (QED) is 0.218. The first-order valence-corrected chi connectivity index (χ1v) is 14.9. The first kappa shape index (κ1) is 30.6. The Morgan fingerprint density at radius 1 is 0.975 bits per heavy atom. The number of halogens is 3. The third-order valence-corrected chi connectivity index (χ3v) is 8.60. The Labute approximate surface area is 241 Å². The monoisotopic (exact) mass is 570 g/mol. The number of alkyl halides is 3. The zero-order valence-electron chi connectivity index (χ0n) is 23.9. The zero-order chi connectivity index (χ0) is 28.9. The van der Waals surface area contributed by atoms with Gasteiger partial charge in [-0.1, -0.05) is 67.9 Å². The number of benzene rings is 3. The number of aryl methyl sites for hydroxylation is 1. The van der Waals surface area contributed by atoms with Crippen molar-refractivity contribution in [3.8, 4) is 11.1 Å². The van der Waals surface area contributed by atoms with Crippen molar-refractivity contribution in [2.24, 2.45) is 5.92 Å². The molecule has 1 aliphatic rings. The summed E-state index contributed by atoms with van der Waals surface area (Å²) in [7, 11) is 1.72. The SMILES string of the molecule is CCCc1ccc(-c2ccc(SN(C)CC(O)CNC(C)(C)CC3Cc4ccccc4C3)c(C(F)(F)F)c2)cc1. The number of hydrogen-bond donors (Lipinski definition) is 2. The van der Waals surface area contributed by atoms with Crippen LogP contribution < -0.4 is 5.32 Å². The highest BCUT2D eigenvalue weighted by Crippen LogP contribution is 2.40. The van der Waals surface area contributed by atoms with E-state index in [1.165, 1.54) is 28.8 Å². The fraction of sp³-hybridized carbons (Fsp3) is 0.455. The highest BCUT2D eigenvalue weighted by molar-refractivity contribution is 7.97. The lowest BCUT2D eigenvalue weighted by atomic mass is 9.88. The van der Waals surface area contributed by atoms with Crippen molar-refractivity contribution in [1.29, 1.82) is 0 Å². The molecule has 0 bridgehead atoms. The topological polar surface area (TPSA) is 35.5 Å². The average molecular weight is 571 g/mol. The second kappa shape index (κ2) is 13.1. The van der Waals surface area contributed by atoms with Gasteiger partial charge in [0.05, 0.1) is 11.7 Å². The fourth-order valence-corrected chi connectivity index (χ4v) is 6.70. The van der Waals surface area contributed by atoms with Gasteiger partial charge in [-0.15, -0.1) is 0 Å². The van der Waals surface area contributed by atoms with Gasteiger partial charge in [0.1, 0.15) is 0 Å². The lowest BCUT2D eigenvalue weighted by Crippen LogP contribution is -2.46. The Morgan fingerprint density at radius 3 is 2.20 bits per heavy atom. The molecule has 0 radical (unpaired) electrons. The van der Waals surface area contributed by atoms with E-state index in [9.17, 15) is 18.3 Å². The number of likely N-dealkylation sites (N-methyl/N-ethyl adjacent to an activating group) is 1. The first-order valence-electron chi connectivity index (χ1n) is 14.1. The predicted octanol–water partition coefficient (Wildman–Crippen LogP) is 7.80. The number of nitrogens with one attached hydrogen (secondary N) is 1. The fourth-order valence-electron chi connectivity index (χ4n) is 5.71. The number of hydrogen-bond acceptors (Lipinski definition) is 4. The van der Waals surface area contributed by atoms with Gasteiger partial charge in [-0.3, -0.25) is 0 Å². The predicted molar refractivity (Wildman–Crippen MR) is 159 cm³/mol. The number of fused-ring (bicyclic) bond motifs is 1. The molecule has 0 fully saturated rings. The van der Waals surface area contributed by atoms with Gasteiger partial charge in [-0.2, -0.15) is 13.2 Å². The van der Waals surface area contributed by atoms with Gasteiger partial charge in [0, 0.05) is 23.5 Å². The molecule has 0 heterocycles. The van der Waals surface area contributed by atoms with Crippen molar-refractivity contribution in [3.63, 3.8) is 0 Å². The minimum Gasteiger partial charge on any atom is -0.390 e. The molecule has 0 saturated heterocycles. The van der Waals surface area contributed by atoms with E-state index in [4.69, 9.17) is 0 Å². The summed E-state index contributed by atoms with van der Waals surface area (Å²) in [6.45, 7) is 7.01. The third kappa shape index (κ3) is 8.35. The summed E-state index contributed by atoms with van der Waals surface area (Å²) in [5.74, 6) is 0.563. The van der Waals surface area contributed by atoms with Crippen LogP contribution >= 0.6 is 11.9 Å². The van der Waals surface area contributed by atoms with Crippen molar-refractivity contribution in [1.82, 2.24) is 9.62 Å². The van der Waals surface area contributed by atoms with Crippen LogP contribution in [0.4, 0.5) is 13.2 Å². The number of aliphatic hydroxyl groups is 1. The van der Waals surface area contributed by atoms with Gasteiger partial charge in [0.25, 0.3) is 0 Å². The molecule has 4 rings (SSSR count). The molecule has 1 aliphatic carbocycles. The van der Waals surface area contributed by atoms with Crippen molar-refractivity contribution in [2.75, 3.05) is 20.1 Å². The van der Waals surface area contributed by atoms with Crippen LogP contribution in [-0.2, 0) is 25.4 Å². The van der Waals surface area contributed by atoms with E-state index in [0.717, 1.165) is 49.6 Å². The van der Waals surface area contributed by atoms with E-state index in [0.29, 0.717) is 18.0 Å². The molecule has 0 spiro atoms. The lowest BCUT2D eigenvalue weighted by molar-refractivity contribution is -0.139. The van der Waals surface area contributed by atoms with Gasteiger partial charge in [0.15, 0.2) is 0 Å². The minimum absolute atomic E-state index is 0.127. The molecule has 40 heavy (non-hydrogen) atoms. The molecule has 216 valence electrons. The minimum atomic E-state index is -4.48. The Bertz CT molecular complexity index is 1230. The van der Waals surface area contributed by atoms with Crippen molar-refractivity contribution >= 4 is 11.9 Å².